The van der Waals surface area contributed by atoms with Crippen LogP contribution >= 0.6 is 0 Å². The summed E-state index contributed by atoms with van der Waals surface area (Å²) < 4.78 is 13.4. The van der Waals surface area contributed by atoms with E-state index in [1.807, 2.05) is 13.8 Å². The average molecular weight is 167 g/mol. The number of nitrogens with two attached hydrogens (primary N) is 1. The molecular weight excluding hydrogens is 153 g/mol. The molecule has 0 saturated carbocycles. The topological polar surface area (TPSA) is 26.0 Å². The molecule has 0 heterocycles. The van der Waals surface area contributed by atoms with Gasteiger partial charge in [-0.05, 0) is 23.6 Å². The van der Waals surface area contributed by atoms with E-state index in [0.29, 0.717) is 11.3 Å². The highest BCUT2D eigenvalue weighted by molar-refractivity contribution is 5.41. The summed E-state index contributed by atoms with van der Waals surface area (Å²) >= 11 is 0. The van der Waals surface area contributed by atoms with Gasteiger partial charge in [0.05, 0.1) is 0 Å². The van der Waals surface area contributed by atoms with Crippen LogP contribution in [0.5, 0.6) is 0 Å². The summed E-state index contributed by atoms with van der Waals surface area (Å²) in [5.41, 5.74) is 6.82. The lowest BCUT2D eigenvalue weighted by molar-refractivity contribution is 0.262. The Bertz CT molecular complexity index is 258. The third-order valence-electron chi connectivity index (χ3n) is 1.81. The maximum absolute atomic E-state index is 13.4. The minimum atomic E-state index is -0.909. The van der Waals surface area contributed by atoms with Crippen LogP contribution in [0.4, 0.5) is 10.1 Å². The molecule has 0 aliphatic rings. The zero-order chi connectivity index (χ0) is 9.14. The molecule has 2 N–H and O–H groups in total. The van der Waals surface area contributed by atoms with Crippen molar-refractivity contribution >= 4 is 5.69 Å². The standard InChI is InChI=1S/C10H14FN/c1-7(2)10(11)8-4-3-5-9(12)6-8/h3-7,10H,12H2,1-2H3. The van der Waals surface area contributed by atoms with Gasteiger partial charge in [0.25, 0.3) is 0 Å². The maximum atomic E-state index is 13.4. The molecule has 1 aromatic rings. The Morgan fingerprint density at radius 2 is 2.00 bits per heavy atom. The predicted octanol–water partition coefficient (Wildman–Crippen LogP) is 2.94. The number of benzene rings is 1. The minimum Gasteiger partial charge on any atom is -0.399 e. The molecule has 1 unspecified atom stereocenters. The van der Waals surface area contributed by atoms with Crippen LogP contribution < -0.4 is 5.73 Å². The van der Waals surface area contributed by atoms with E-state index in [2.05, 4.69) is 0 Å². The second kappa shape index (κ2) is 3.57. The van der Waals surface area contributed by atoms with Crippen LogP contribution in [0.15, 0.2) is 24.3 Å². The summed E-state index contributed by atoms with van der Waals surface area (Å²) in [6.45, 7) is 3.71. The van der Waals surface area contributed by atoms with Crippen molar-refractivity contribution in [1.29, 1.82) is 0 Å². The van der Waals surface area contributed by atoms with Gasteiger partial charge in [-0.1, -0.05) is 26.0 Å². The molecule has 1 aromatic carbocycles. The number of halogens is 1. The molecule has 2 heteroatoms. The lowest BCUT2D eigenvalue weighted by atomic mass is 10.0. The first-order chi connectivity index (χ1) is 5.61. The number of anilines is 1. The maximum Gasteiger partial charge on any atom is 0.127 e. The van der Waals surface area contributed by atoms with Gasteiger partial charge in [-0.3, -0.25) is 0 Å². The Kier molecular flexibility index (Phi) is 2.69. The van der Waals surface area contributed by atoms with Gasteiger partial charge in [-0.15, -0.1) is 0 Å². The molecule has 0 radical (unpaired) electrons. The third-order valence-corrected chi connectivity index (χ3v) is 1.81. The fourth-order valence-electron chi connectivity index (χ4n) is 1.12. The first-order valence-electron chi connectivity index (χ1n) is 4.10. The summed E-state index contributed by atoms with van der Waals surface area (Å²) in [7, 11) is 0. The quantitative estimate of drug-likeness (QED) is 0.673. The normalized spacial score (nSPS) is 13.3. The van der Waals surface area contributed by atoms with E-state index >= 15 is 0 Å². The Balaban J connectivity index is 2.88. The van der Waals surface area contributed by atoms with Gasteiger partial charge < -0.3 is 5.73 Å². The van der Waals surface area contributed by atoms with Gasteiger partial charge in [0, 0.05) is 5.69 Å². The molecule has 1 atom stereocenters. The molecule has 0 spiro atoms. The molecule has 0 bridgehead atoms. The highest BCUT2D eigenvalue weighted by Crippen LogP contribution is 2.26. The van der Waals surface area contributed by atoms with E-state index in [1.54, 1.807) is 24.3 Å². The molecule has 12 heavy (non-hydrogen) atoms. The Morgan fingerprint density at radius 3 is 2.50 bits per heavy atom. The monoisotopic (exact) mass is 167 g/mol. The smallest absolute Gasteiger partial charge is 0.127 e. The lowest BCUT2D eigenvalue weighted by Crippen LogP contribution is -2.00. The largest absolute Gasteiger partial charge is 0.399 e. The van der Waals surface area contributed by atoms with Crippen molar-refractivity contribution in [2.75, 3.05) is 5.73 Å². The van der Waals surface area contributed by atoms with E-state index in [4.69, 9.17) is 5.73 Å². The van der Waals surface area contributed by atoms with Crippen LogP contribution in [0.3, 0.4) is 0 Å². The number of alkyl halides is 1. The van der Waals surface area contributed by atoms with Crippen LogP contribution in [0.25, 0.3) is 0 Å². The van der Waals surface area contributed by atoms with Gasteiger partial charge in [0.2, 0.25) is 0 Å². The first kappa shape index (κ1) is 9.04. The van der Waals surface area contributed by atoms with E-state index in [1.165, 1.54) is 0 Å². The van der Waals surface area contributed by atoms with Gasteiger partial charge in [0.1, 0.15) is 6.17 Å². The Morgan fingerprint density at radius 1 is 1.33 bits per heavy atom. The molecule has 1 nitrogen and oxygen atoms in total. The van der Waals surface area contributed by atoms with E-state index in [9.17, 15) is 4.39 Å². The van der Waals surface area contributed by atoms with Crippen LogP contribution in [0.1, 0.15) is 25.6 Å². The van der Waals surface area contributed by atoms with Crippen LogP contribution in [-0.2, 0) is 0 Å². The highest BCUT2D eigenvalue weighted by Gasteiger charge is 2.13. The number of hydrogen-bond acceptors (Lipinski definition) is 1. The summed E-state index contributed by atoms with van der Waals surface area (Å²) in [6.07, 6.45) is -0.909. The Hall–Kier alpha value is -1.05. The van der Waals surface area contributed by atoms with Gasteiger partial charge in [-0.2, -0.15) is 0 Å². The number of nitrogen functional groups attached to an aromatic ring is 1. The highest BCUT2D eigenvalue weighted by atomic mass is 19.1. The van der Waals surface area contributed by atoms with Crippen LogP contribution in [0.2, 0.25) is 0 Å². The van der Waals surface area contributed by atoms with Crippen molar-refractivity contribution in [3.8, 4) is 0 Å². The molecule has 0 aliphatic heterocycles. The zero-order valence-corrected chi connectivity index (χ0v) is 7.42. The third kappa shape index (κ3) is 1.97. The van der Waals surface area contributed by atoms with E-state index < -0.39 is 6.17 Å². The van der Waals surface area contributed by atoms with Crippen LogP contribution in [-0.4, -0.2) is 0 Å². The molecule has 1 rings (SSSR count). The first-order valence-corrected chi connectivity index (χ1v) is 4.10. The molecule has 0 saturated heterocycles. The SMILES string of the molecule is CC(C)C(F)c1cccc(N)c1. The Labute approximate surface area is 72.4 Å². The van der Waals surface area contributed by atoms with E-state index in [0.717, 1.165) is 0 Å². The number of rotatable bonds is 2. The van der Waals surface area contributed by atoms with Crippen molar-refractivity contribution < 1.29 is 4.39 Å². The van der Waals surface area contributed by atoms with Crippen molar-refractivity contribution in [3.05, 3.63) is 29.8 Å². The molecule has 0 aromatic heterocycles. The molecule has 0 amide bonds. The van der Waals surface area contributed by atoms with Crippen molar-refractivity contribution in [3.63, 3.8) is 0 Å². The summed E-state index contributed by atoms with van der Waals surface area (Å²) in [6, 6.07) is 6.99. The van der Waals surface area contributed by atoms with Crippen LogP contribution in [0, 0.1) is 5.92 Å². The zero-order valence-electron chi connectivity index (χ0n) is 7.42. The van der Waals surface area contributed by atoms with Crippen molar-refractivity contribution in [2.45, 2.75) is 20.0 Å². The summed E-state index contributed by atoms with van der Waals surface area (Å²) in [4.78, 5) is 0. The van der Waals surface area contributed by atoms with Crippen molar-refractivity contribution in [1.82, 2.24) is 0 Å². The van der Waals surface area contributed by atoms with Gasteiger partial charge in [0.15, 0.2) is 0 Å². The minimum absolute atomic E-state index is 0.00630. The van der Waals surface area contributed by atoms with Crippen molar-refractivity contribution in [2.24, 2.45) is 5.92 Å². The molecular formula is C10H14FN. The summed E-state index contributed by atoms with van der Waals surface area (Å²) in [5, 5.41) is 0. The molecule has 0 aliphatic carbocycles. The van der Waals surface area contributed by atoms with Gasteiger partial charge >= 0.3 is 0 Å². The second-order valence-corrected chi connectivity index (χ2v) is 3.32. The fourth-order valence-corrected chi connectivity index (χ4v) is 1.12. The second-order valence-electron chi connectivity index (χ2n) is 3.32. The van der Waals surface area contributed by atoms with Gasteiger partial charge in [-0.25, -0.2) is 4.39 Å². The fraction of sp³-hybridized carbons (Fsp3) is 0.400. The predicted molar refractivity (Wildman–Crippen MR) is 49.5 cm³/mol. The van der Waals surface area contributed by atoms with E-state index in [-0.39, 0.29) is 5.92 Å². The number of hydrogen-bond donors (Lipinski definition) is 1. The average Bonchev–Trinajstić information content (AvgIpc) is 2.03. The summed E-state index contributed by atoms with van der Waals surface area (Å²) in [5.74, 6) is 0.00630. The molecule has 66 valence electrons. The lowest BCUT2D eigenvalue weighted by Gasteiger charge is -2.12. The molecule has 0 fully saturated rings.